The first-order valence-corrected chi connectivity index (χ1v) is 5.96. The van der Waals surface area contributed by atoms with Crippen molar-refractivity contribution in [2.45, 2.75) is 37.9 Å². The van der Waals surface area contributed by atoms with Gasteiger partial charge in [0.2, 0.25) is 0 Å². The quantitative estimate of drug-likeness (QED) is 0.821. The van der Waals surface area contributed by atoms with Gasteiger partial charge in [-0.3, -0.25) is 0 Å². The number of rotatable bonds is 4. The summed E-state index contributed by atoms with van der Waals surface area (Å²) in [6, 6.07) is 9.90. The van der Waals surface area contributed by atoms with Crippen molar-refractivity contribution in [3.63, 3.8) is 0 Å². The second-order valence-corrected chi connectivity index (χ2v) is 4.37. The van der Waals surface area contributed by atoms with Crippen molar-refractivity contribution >= 4 is 0 Å². The zero-order valence-electron chi connectivity index (χ0n) is 9.79. The Labute approximate surface area is 101 Å². The van der Waals surface area contributed by atoms with E-state index in [-0.39, 0.29) is 12.1 Å². The van der Waals surface area contributed by atoms with Gasteiger partial charge in [-0.25, -0.2) is 0 Å². The van der Waals surface area contributed by atoms with E-state index < -0.39 is 6.29 Å². The van der Waals surface area contributed by atoms with Crippen LogP contribution in [0.5, 0.6) is 0 Å². The lowest BCUT2D eigenvalue weighted by molar-refractivity contribution is -0.184. The van der Waals surface area contributed by atoms with Crippen molar-refractivity contribution in [3.05, 3.63) is 35.9 Å². The van der Waals surface area contributed by atoms with Gasteiger partial charge < -0.3 is 20.3 Å². The van der Waals surface area contributed by atoms with Crippen molar-refractivity contribution in [3.8, 4) is 0 Å². The Hall–Kier alpha value is -0.940. The fraction of sp³-hybridized carbons (Fsp3) is 0.538. The summed E-state index contributed by atoms with van der Waals surface area (Å²) >= 11 is 0. The third-order valence-corrected chi connectivity index (χ3v) is 2.95. The monoisotopic (exact) mass is 237 g/mol. The summed E-state index contributed by atoms with van der Waals surface area (Å²) in [6.07, 6.45) is 0.485. The van der Waals surface area contributed by atoms with Crippen molar-refractivity contribution in [2.75, 3.05) is 6.61 Å². The fourth-order valence-corrected chi connectivity index (χ4v) is 1.92. The summed E-state index contributed by atoms with van der Waals surface area (Å²) in [5.41, 5.74) is 7.03. The molecule has 0 aromatic heterocycles. The molecular formula is C13H19NO3. The molecule has 1 aromatic carbocycles. The van der Waals surface area contributed by atoms with Crippen LogP contribution in [0.4, 0.5) is 0 Å². The van der Waals surface area contributed by atoms with Crippen molar-refractivity contribution in [1.29, 1.82) is 0 Å². The lowest BCUT2D eigenvalue weighted by Gasteiger charge is -2.31. The van der Waals surface area contributed by atoms with E-state index in [0.29, 0.717) is 19.6 Å². The number of aliphatic hydroxyl groups excluding tert-OH is 1. The molecule has 1 aliphatic rings. The van der Waals surface area contributed by atoms with Gasteiger partial charge in [-0.1, -0.05) is 30.3 Å². The molecule has 0 unspecified atom stereocenters. The van der Waals surface area contributed by atoms with E-state index in [4.69, 9.17) is 15.2 Å². The van der Waals surface area contributed by atoms with E-state index in [2.05, 4.69) is 0 Å². The standard InChI is InChI=1S/C13H19NO3/c14-11-6-7-13(15)17-12(11)9-16-8-10-4-2-1-3-5-10/h1-5,11-13,15H,6-9,14H2/t11-,12-,13+/m1/s1. The number of hydrogen-bond donors (Lipinski definition) is 2. The first-order valence-electron chi connectivity index (χ1n) is 5.96. The van der Waals surface area contributed by atoms with Gasteiger partial charge in [0.1, 0.15) is 0 Å². The Bertz CT molecular complexity index is 331. The van der Waals surface area contributed by atoms with Crippen LogP contribution in [0.1, 0.15) is 18.4 Å². The van der Waals surface area contributed by atoms with E-state index in [9.17, 15) is 5.11 Å². The first-order chi connectivity index (χ1) is 8.25. The summed E-state index contributed by atoms with van der Waals surface area (Å²) < 4.78 is 10.9. The maximum atomic E-state index is 9.38. The average Bonchev–Trinajstić information content (AvgIpc) is 2.35. The third-order valence-electron chi connectivity index (χ3n) is 2.95. The SMILES string of the molecule is N[C@@H]1CC[C@@H](O)O[C@@H]1COCc1ccccc1. The van der Waals surface area contributed by atoms with Crippen LogP contribution in [0.25, 0.3) is 0 Å². The van der Waals surface area contributed by atoms with Gasteiger partial charge >= 0.3 is 0 Å². The first kappa shape index (κ1) is 12.5. The van der Waals surface area contributed by atoms with Crippen LogP contribution in [0, 0.1) is 0 Å². The molecule has 0 radical (unpaired) electrons. The average molecular weight is 237 g/mol. The molecule has 2 rings (SSSR count). The number of hydrogen-bond acceptors (Lipinski definition) is 4. The summed E-state index contributed by atoms with van der Waals surface area (Å²) in [5.74, 6) is 0. The largest absolute Gasteiger partial charge is 0.374 e. The second-order valence-electron chi connectivity index (χ2n) is 4.37. The maximum absolute atomic E-state index is 9.38. The van der Waals surface area contributed by atoms with E-state index in [1.165, 1.54) is 0 Å². The van der Waals surface area contributed by atoms with Crippen molar-refractivity contribution in [1.82, 2.24) is 0 Å². The third kappa shape index (κ3) is 3.78. The topological polar surface area (TPSA) is 64.7 Å². The molecule has 0 saturated carbocycles. The fourth-order valence-electron chi connectivity index (χ4n) is 1.92. The Morgan fingerprint density at radius 2 is 2.06 bits per heavy atom. The number of benzene rings is 1. The van der Waals surface area contributed by atoms with Crippen LogP contribution in [-0.4, -0.2) is 30.1 Å². The molecule has 17 heavy (non-hydrogen) atoms. The van der Waals surface area contributed by atoms with Gasteiger partial charge in [-0.2, -0.15) is 0 Å². The summed E-state index contributed by atoms with van der Waals surface area (Å²) in [5, 5.41) is 9.38. The normalized spacial score (nSPS) is 29.2. The predicted octanol–water partition coefficient (Wildman–Crippen LogP) is 1.03. The minimum Gasteiger partial charge on any atom is -0.374 e. The molecule has 3 N–H and O–H groups in total. The number of aliphatic hydroxyl groups is 1. The Morgan fingerprint density at radius 1 is 1.29 bits per heavy atom. The molecule has 0 aliphatic carbocycles. The van der Waals surface area contributed by atoms with Crippen LogP contribution in [0.15, 0.2) is 30.3 Å². The minimum atomic E-state index is -0.694. The van der Waals surface area contributed by atoms with Crippen LogP contribution in [0.2, 0.25) is 0 Å². The zero-order chi connectivity index (χ0) is 12.1. The predicted molar refractivity (Wildman–Crippen MR) is 64.2 cm³/mol. The highest BCUT2D eigenvalue weighted by atomic mass is 16.6. The zero-order valence-corrected chi connectivity index (χ0v) is 9.79. The summed E-state index contributed by atoms with van der Waals surface area (Å²) in [7, 11) is 0. The molecular weight excluding hydrogens is 218 g/mol. The van der Waals surface area contributed by atoms with Gasteiger partial charge in [-0.05, 0) is 18.4 Å². The smallest absolute Gasteiger partial charge is 0.155 e. The summed E-state index contributed by atoms with van der Waals surface area (Å²) in [6.45, 7) is 0.969. The van der Waals surface area contributed by atoms with Crippen LogP contribution in [-0.2, 0) is 16.1 Å². The van der Waals surface area contributed by atoms with Crippen LogP contribution < -0.4 is 5.73 Å². The molecule has 4 heteroatoms. The molecule has 4 nitrogen and oxygen atoms in total. The molecule has 1 saturated heterocycles. The van der Waals surface area contributed by atoms with E-state index in [1.807, 2.05) is 30.3 Å². The summed E-state index contributed by atoms with van der Waals surface area (Å²) in [4.78, 5) is 0. The van der Waals surface area contributed by atoms with E-state index in [1.54, 1.807) is 0 Å². The molecule has 0 amide bonds. The van der Waals surface area contributed by atoms with Crippen molar-refractivity contribution in [2.24, 2.45) is 5.73 Å². The van der Waals surface area contributed by atoms with Crippen LogP contribution >= 0.6 is 0 Å². The maximum Gasteiger partial charge on any atom is 0.155 e. The molecule has 1 aliphatic heterocycles. The number of ether oxygens (including phenoxy) is 2. The van der Waals surface area contributed by atoms with Crippen LogP contribution in [0.3, 0.4) is 0 Å². The Kier molecular flexibility index (Phi) is 4.50. The second kappa shape index (κ2) is 6.12. The van der Waals surface area contributed by atoms with Gasteiger partial charge in [0.15, 0.2) is 6.29 Å². The molecule has 1 aromatic rings. The number of nitrogens with two attached hydrogens (primary N) is 1. The highest BCUT2D eigenvalue weighted by molar-refractivity contribution is 5.13. The lowest BCUT2D eigenvalue weighted by Crippen LogP contribution is -2.46. The van der Waals surface area contributed by atoms with Crippen molar-refractivity contribution < 1.29 is 14.6 Å². The molecule has 1 heterocycles. The minimum absolute atomic E-state index is 0.0471. The highest BCUT2D eigenvalue weighted by Crippen LogP contribution is 2.17. The molecule has 94 valence electrons. The lowest BCUT2D eigenvalue weighted by atomic mass is 10.0. The van der Waals surface area contributed by atoms with Gasteiger partial charge in [-0.15, -0.1) is 0 Å². The van der Waals surface area contributed by atoms with Gasteiger partial charge in [0.05, 0.1) is 19.3 Å². The molecule has 3 atom stereocenters. The Morgan fingerprint density at radius 3 is 2.82 bits per heavy atom. The Balaban J connectivity index is 1.74. The molecule has 0 bridgehead atoms. The molecule has 0 spiro atoms. The van der Waals surface area contributed by atoms with Gasteiger partial charge in [0.25, 0.3) is 0 Å². The van der Waals surface area contributed by atoms with E-state index >= 15 is 0 Å². The molecule has 1 fully saturated rings. The van der Waals surface area contributed by atoms with E-state index in [0.717, 1.165) is 12.0 Å². The highest BCUT2D eigenvalue weighted by Gasteiger charge is 2.27. The van der Waals surface area contributed by atoms with Gasteiger partial charge in [0, 0.05) is 6.04 Å².